The van der Waals surface area contributed by atoms with E-state index in [1.807, 2.05) is 0 Å². The van der Waals surface area contributed by atoms with Crippen LogP contribution in [-0.2, 0) is 4.74 Å². The third-order valence-corrected chi connectivity index (χ3v) is 3.18. The Bertz CT molecular complexity index is 139. The monoisotopic (exact) mass is 171 g/mol. The first-order valence-electron chi connectivity index (χ1n) is 4.93. The van der Waals surface area contributed by atoms with Gasteiger partial charge in [-0.3, -0.25) is 0 Å². The summed E-state index contributed by atoms with van der Waals surface area (Å²) in [5.74, 6) is 0.517. The minimum absolute atomic E-state index is 0.00579. The van der Waals surface area contributed by atoms with Crippen LogP contribution in [0.4, 0.5) is 0 Å². The summed E-state index contributed by atoms with van der Waals surface area (Å²) in [6.45, 7) is 4.34. The molecule has 0 amide bonds. The number of nitrogens with two attached hydrogens (primary N) is 1. The van der Waals surface area contributed by atoms with E-state index in [4.69, 9.17) is 10.5 Å². The highest BCUT2D eigenvalue weighted by molar-refractivity contribution is 4.96. The number of hydrogen-bond acceptors (Lipinski definition) is 2. The van der Waals surface area contributed by atoms with Crippen LogP contribution >= 0.6 is 0 Å². The van der Waals surface area contributed by atoms with Crippen LogP contribution in [0, 0.1) is 5.92 Å². The smallest absolute Gasteiger partial charge is 0.0831 e. The van der Waals surface area contributed by atoms with Crippen LogP contribution in [0.1, 0.15) is 39.5 Å². The van der Waals surface area contributed by atoms with Gasteiger partial charge in [0.2, 0.25) is 0 Å². The molecule has 0 heterocycles. The lowest BCUT2D eigenvalue weighted by Crippen LogP contribution is -2.50. The molecule has 1 atom stereocenters. The maximum Gasteiger partial charge on any atom is 0.0831 e. The second-order valence-electron chi connectivity index (χ2n) is 4.25. The average Bonchev–Trinajstić information content (AvgIpc) is 2.52. The summed E-state index contributed by atoms with van der Waals surface area (Å²) in [5.41, 5.74) is 6.14. The lowest BCUT2D eigenvalue weighted by Gasteiger charge is -2.36. The maximum absolute atomic E-state index is 6.14. The summed E-state index contributed by atoms with van der Waals surface area (Å²) in [7, 11) is 1.80. The van der Waals surface area contributed by atoms with E-state index in [0.29, 0.717) is 5.92 Å². The summed E-state index contributed by atoms with van der Waals surface area (Å²) in [6, 6.07) is 0.199. The molecule has 2 nitrogen and oxygen atoms in total. The van der Waals surface area contributed by atoms with Crippen molar-refractivity contribution in [1.29, 1.82) is 0 Å². The van der Waals surface area contributed by atoms with Gasteiger partial charge in [-0.15, -0.1) is 0 Å². The van der Waals surface area contributed by atoms with E-state index in [1.165, 1.54) is 12.8 Å². The Kier molecular flexibility index (Phi) is 3.13. The molecule has 0 aromatic carbocycles. The molecule has 12 heavy (non-hydrogen) atoms. The first-order valence-corrected chi connectivity index (χ1v) is 4.93. The Morgan fingerprint density at radius 1 is 1.25 bits per heavy atom. The molecular weight excluding hydrogens is 150 g/mol. The van der Waals surface area contributed by atoms with Gasteiger partial charge in [-0.05, 0) is 18.8 Å². The first kappa shape index (κ1) is 10.0. The van der Waals surface area contributed by atoms with Crippen LogP contribution in [-0.4, -0.2) is 18.8 Å². The highest BCUT2D eigenvalue weighted by Gasteiger charge is 2.40. The van der Waals surface area contributed by atoms with E-state index in [-0.39, 0.29) is 11.6 Å². The fourth-order valence-corrected chi connectivity index (χ4v) is 2.25. The molecular formula is C10H21NO. The zero-order valence-corrected chi connectivity index (χ0v) is 8.47. The largest absolute Gasteiger partial charge is 0.377 e. The fourth-order valence-electron chi connectivity index (χ4n) is 2.25. The van der Waals surface area contributed by atoms with Gasteiger partial charge < -0.3 is 10.5 Å². The lowest BCUT2D eigenvalue weighted by atomic mass is 9.85. The Balaban J connectivity index is 2.65. The Morgan fingerprint density at radius 3 is 2.08 bits per heavy atom. The number of rotatable bonds is 3. The van der Waals surface area contributed by atoms with Crippen LogP contribution in [0.15, 0.2) is 0 Å². The summed E-state index contributed by atoms with van der Waals surface area (Å²) in [6.07, 6.45) is 4.83. The third-order valence-electron chi connectivity index (χ3n) is 3.18. The molecule has 1 rings (SSSR count). The lowest BCUT2D eigenvalue weighted by molar-refractivity contribution is -0.0366. The van der Waals surface area contributed by atoms with Crippen molar-refractivity contribution in [3.05, 3.63) is 0 Å². The van der Waals surface area contributed by atoms with E-state index < -0.39 is 0 Å². The molecule has 0 saturated heterocycles. The second-order valence-corrected chi connectivity index (χ2v) is 4.25. The second kappa shape index (κ2) is 3.75. The molecule has 0 aromatic heterocycles. The molecule has 1 aliphatic carbocycles. The fraction of sp³-hybridized carbons (Fsp3) is 1.00. The van der Waals surface area contributed by atoms with Gasteiger partial charge in [0.1, 0.15) is 0 Å². The van der Waals surface area contributed by atoms with Crippen molar-refractivity contribution >= 4 is 0 Å². The van der Waals surface area contributed by atoms with Crippen LogP contribution in [0.25, 0.3) is 0 Å². The van der Waals surface area contributed by atoms with E-state index >= 15 is 0 Å². The van der Waals surface area contributed by atoms with Crippen molar-refractivity contribution in [1.82, 2.24) is 0 Å². The number of ether oxygens (including phenoxy) is 1. The molecule has 1 fully saturated rings. The predicted molar refractivity (Wildman–Crippen MR) is 51.0 cm³/mol. The van der Waals surface area contributed by atoms with E-state index in [9.17, 15) is 0 Å². The standard InChI is InChI=1S/C10H21NO/c1-8(2)9(11)10(12-3)6-4-5-7-10/h8-9H,4-7,11H2,1-3H3. The predicted octanol–water partition coefficient (Wildman–Crippen LogP) is 1.93. The molecule has 0 radical (unpaired) electrons. The van der Waals surface area contributed by atoms with Crippen molar-refractivity contribution in [2.24, 2.45) is 11.7 Å². The van der Waals surface area contributed by atoms with E-state index in [1.54, 1.807) is 7.11 Å². The highest BCUT2D eigenvalue weighted by Crippen LogP contribution is 2.36. The maximum atomic E-state index is 6.14. The van der Waals surface area contributed by atoms with Crippen molar-refractivity contribution in [3.8, 4) is 0 Å². The number of methoxy groups -OCH3 is 1. The summed E-state index contributed by atoms with van der Waals surface area (Å²) >= 11 is 0. The van der Waals surface area contributed by atoms with Crippen LogP contribution < -0.4 is 5.73 Å². The normalized spacial score (nSPS) is 24.8. The van der Waals surface area contributed by atoms with Crippen molar-refractivity contribution in [3.63, 3.8) is 0 Å². The molecule has 2 N–H and O–H groups in total. The topological polar surface area (TPSA) is 35.2 Å². The summed E-state index contributed by atoms with van der Waals surface area (Å²) in [4.78, 5) is 0. The van der Waals surface area contributed by atoms with Crippen LogP contribution in [0.3, 0.4) is 0 Å². The molecule has 0 aromatic rings. The van der Waals surface area contributed by atoms with Gasteiger partial charge in [0, 0.05) is 13.2 Å². The van der Waals surface area contributed by atoms with Crippen molar-refractivity contribution in [2.45, 2.75) is 51.2 Å². The quantitative estimate of drug-likeness (QED) is 0.704. The van der Waals surface area contributed by atoms with Gasteiger partial charge in [-0.25, -0.2) is 0 Å². The van der Waals surface area contributed by atoms with Crippen molar-refractivity contribution < 1.29 is 4.74 Å². The molecule has 0 spiro atoms. The zero-order chi connectivity index (χ0) is 9.19. The molecule has 0 aliphatic heterocycles. The van der Waals surface area contributed by atoms with Crippen molar-refractivity contribution in [2.75, 3.05) is 7.11 Å². The summed E-state index contributed by atoms with van der Waals surface area (Å²) < 4.78 is 5.60. The molecule has 72 valence electrons. The average molecular weight is 171 g/mol. The Labute approximate surface area is 75.5 Å². The highest BCUT2D eigenvalue weighted by atomic mass is 16.5. The van der Waals surface area contributed by atoms with Crippen LogP contribution in [0.2, 0.25) is 0 Å². The Hall–Kier alpha value is -0.0800. The summed E-state index contributed by atoms with van der Waals surface area (Å²) in [5, 5.41) is 0. The molecule has 1 unspecified atom stereocenters. The van der Waals surface area contributed by atoms with E-state index in [2.05, 4.69) is 13.8 Å². The third kappa shape index (κ3) is 1.64. The molecule has 1 aliphatic rings. The van der Waals surface area contributed by atoms with Gasteiger partial charge in [-0.1, -0.05) is 26.7 Å². The van der Waals surface area contributed by atoms with Gasteiger partial charge >= 0.3 is 0 Å². The van der Waals surface area contributed by atoms with Crippen LogP contribution in [0.5, 0.6) is 0 Å². The van der Waals surface area contributed by atoms with Gasteiger partial charge in [0.15, 0.2) is 0 Å². The first-order chi connectivity index (χ1) is 5.62. The van der Waals surface area contributed by atoms with Gasteiger partial charge in [0.25, 0.3) is 0 Å². The Morgan fingerprint density at radius 2 is 1.75 bits per heavy atom. The minimum atomic E-state index is -0.00579. The zero-order valence-electron chi connectivity index (χ0n) is 8.47. The van der Waals surface area contributed by atoms with Gasteiger partial charge in [0.05, 0.1) is 5.60 Å². The van der Waals surface area contributed by atoms with Gasteiger partial charge in [-0.2, -0.15) is 0 Å². The van der Waals surface area contributed by atoms with E-state index in [0.717, 1.165) is 12.8 Å². The number of hydrogen-bond donors (Lipinski definition) is 1. The SMILES string of the molecule is COC1(C(N)C(C)C)CCCC1. The minimum Gasteiger partial charge on any atom is -0.377 e. The molecule has 0 bridgehead atoms. The molecule has 1 saturated carbocycles. The molecule has 2 heteroatoms.